The third-order valence-electron chi connectivity index (χ3n) is 0. The number of hydrogen-bond acceptors (Lipinski definition) is 6. The molecule has 8 heavy (non-hydrogen) atoms. The van der Waals surface area contributed by atoms with Crippen molar-refractivity contribution < 1.29 is 41.1 Å². The Morgan fingerprint density at radius 2 is 1.12 bits per heavy atom. The molecule has 8 heteroatoms. The predicted molar refractivity (Wildman–Crippen MR) is 11.8 cm³/mol. The molecule has 0 atom stereocenters. The van der Waals surface area contributed by atoms with Gasteiger partial charge in [-0.05, 0) is 0 Å². The van der Waals surface area contributed by atoms with Crippen molar-refractivity contribution in [3.8, 4) is 0 Å². The average molecular weight is 179 g/mol. The molecule has 0 amide bonds. The van der Waals surface area contributed by atoms with E-state index in [0.29, 0.717) is 0 Å². The van der Waals surface area contributed by atoms with Gasteiger partial charge in [0.15, 0.2) is 0 Å². The van der Waals surface area contributed by atoms with Gasteiger partial charge in [-0.15, -0.1) is 0 Å². The molecule has 0 N–H and O–H groups in total. The van der Waals surface area contributed by atoms with E-state index >= 15 is 0 Å². The summed E-state index contributed by atoms with van der Waals surface area (Å²) in [6.45, 7) is 0. The van der Waals surface area contributed by atoms with Gasteiger partial charge in [0.2, 0.25) is 0 Å². The first-order valence-corrected chi connectivity index (χ1v) is 3.51. The van der Waals surface area contributed by atoms with Gasteiger partial charge >= 0.3 is 23.5 Å². The van der Waals surface area contributed by atoms with Crippen molar-refractivity contribution in [2.24, 2.45) is 0 Å². The Morgan fingerprint density at radius 3 is 1.12 bits per heavy atom. The van der Waals surface area contributed by atoms with E-state index in [0.717, 1.165) is 0 Å². The second kappa shape index (κ2) is 5.20. The van der Waals surface area contributed by atoms with Gasteiger partial charge in [0.1, 0.15) is 0 Å². The van der Waals surface area contributed by atoms with Crippen LogP contribution in [0.25, 0.3) is 0 Å². The molecule has 0 heterocycles. The zero-order valence-electron chi connectivity index (χ0n) is 3.30. The fourth-order valence-corrected chi connectivity index (χ4v) is 0. The van der Waals surface area contributed by atoms with E-state index in [9.17, 15) is 0 Å². The molecule has 0 fully saturated rings. The molecule has 0 aliphatic carbocycles. The molecule has 47 valence electrons. The summed E-state index contributed by atoms with van der Waals surface area (Å²) in [4.78, 5) is 0. The second-order valence-electron chi connectivity index (χ2n) is 0.483. The van der Waals surface area contributed by atoms with Gasteiger partial charge in [-0.2, -0.15) is 0 Å². The van der Waals surface area contributed by atoms with Gasteiger partial charge in [0.25, 0.3) is 0 Å². The van der Waals surface area contributed by atoms with E-state index < -0.39 is 26.6 Å². The summed E-state index contributed by atoms with van der Waals surface area (Å²) in [6, 6.07) is 0. The van der Waals surface area contributed by atoms with E-state index in [4.69, 9.17) is 24.9 Å². The number of rotatable bonds is 0. The van der Waals surface area contributed by atoms with Crippen LogP contribution in [-0.4, -0.2) is 17.5 Å². The van der Waals surface area contributed by atoms with Crippen LogP contribution in [0.2, 0.25) is 0 Å². The van der Waals surface area contributed by atoms with Crippen molar-refractivity contribution in [2.45, 2.75) is 0 Å². The molecule has 0 aliphatic heterocycles. The molecule has 0 aromatic heterocycles. The SMILES string of the molecule is O=S(=O)([O-])[O-].[O]=[V+2]=[O]. The molecule has 0 aliphatic rings. The van der Waals surface area contributed by atoms with Crippen molar-refractivity contribution in [1.29, 1.82) is 0 Å². The van der Waals surface area contributed by atoms with Crippen molar-refractivity contribution in [2.75, 3.05) is 0 Å². The molecular formula is O6SV. The van der Waals surface area contributed by atoms with Crippen LogP contribution in [0.5, 0.6) is 0 Å². The minimum atomic E-state index is -5.17. The number of hydrogen-bond donors (Lipinski definition) is 0. The molecule has 0 spiro atoms. The summed E-state index contributed by atoms with van der Waals surface area (Å²) >= 11 is -1.81. The van der Waals surface area contributed by atoms with Crippen LogP contribution in [0.1, 0.15) is 0 Å². The first-order valence-electron chi connectivity index (χ1n) is 1.03. The molecule has 6 nitrogen and oxygen atoms in total. The van der Waals surface area contributed by atoms with Crippen molar-refractivity contribution >= 4 is 10.4 Å². The third-order valence-corrected chi connectivity index (χ3v) is 0. The van der Waals surface area contributed by atoms with Crippen molar-refractivity contribution in [1.82, 2.24) is 0 Å². The molecule has 0 saturated heterocycles. The monoisotopic (exact) mass is 179 g/mol. The summed E-state index contributed by atoms with van der Waals surface area (Å²) in [5, 5.41) is 0. The summed E-state index contributed by atoms with van der Waals surface area (Å²) < 4.78 is 51.0. The minimum absolute atomic E-state index is 1.81. The van der Waals surface area contributed by atoms with Crippen LogP contribution in [0.3, 0.4) is 0 Å². The summed E-state index contributed by atoms with van der Waals surface area (Å²) in [7, 11) is -5.17. The van der Waals surface area contributed by atoms with E-state index in [2.05, 4.69) is 0 Å². The summed E-state index contributed by atoms with van der Waals surface area (Å²) in [5.74, 6) is 0. The van der Waals surface area contributed by atoms with E-state index in [-0.39, 0.29) is 0 Å². The van der Waals surface area contributed by atoms with Gasteiger partial charge in [0.05, 0.1) is 0 Å². The summed E-state index contributed by atoms with van der Waals surface area (Å²) in [6.07, 6.45) is 0. The van der Waals surface area contributed by atoms with Crippen molar-refractivity contribution in [3.63, 3.8) is 0 Å². The van der Waals surface area contributed by atoms with Gasteiger partial charge in [-0.25, -0.2) is 0 Å². The molecule has 0 aromatic rings. The van der Waals surface area contributed by atoms with Crippen LogP contribution in [-0.2, 0) is 33.9 Å². The Hall–Kier alpha value is 0.0544. The first kappa shape index (κ1) is 10.9. The average Bonchev–Trinajstić information content (AvgIpc) is 1.27. The molecule has 0 aromatic carbocycles. The van der Waals surface area contributed by atoms with E-state index in [1.54, 1.807) is 0 Å². The van der Waals surface area contributed by atoms with Gasteiger partial charge in [-0.1, -0.05) is 0 Å². The maximum absolute atomic E-state index is 8.52. The molecule has 0 rings (SSSR count). The Bertz CT molecular complexity index is 149. The third kappa shape index (κ3) is 52200. The fraction of sp³-hybridized carbons (Fsp3) is 0. The van der Waals surface area contributed by atoms with Crippen LogP contribution in [0.15, 0.2) is 0 Å². The molecule has 0 bridgehead atoms. The standard InChI is InChI=1S/H2O4S.2O.V/c1-5(2,3)4;;;/h(H2,1,2,3,4);;;/q;;;+2/p-2. The Kier molecular flexibility index (Phi) is 7.10. The zero-order valence-corrected chi connectivity index (χ0v) is 5.52. The Morgan fingerprint density at radius 1 is 1.12 bits per heavy atom. The second-order valence-corrected chi connectivity index (χ2v) is 1.53. The van der Waals surface area contributed by atoms with E-state index in [1.807, 2.05) is 0 Å². The summed E-state index contributed by atoms with van der Waals surface area (Å²) in [5.41, 5.74) is 0. The Labute approximate surface area is 52.0 Å². The molecule has 0 radical (unpaired) electrons. The quantitative estimate of drug-likeness (QED) is 0.327. The Balaban J connectivity index is 0. The maximum atomic E-state index is 8.52. The first-order chi connectivity index (χ1) is 3.41. The van der Waals surface area contributed by atoms with Gasteiger partial charge in [0, 0.05) is 10.4 Å². The zero-order chi connectivity index (χ0) is 7.21. The predicted octanol–water partition coefficient (Wildman–Crippen LogP) is -1.58. The van der Waals surface area contributed by atoms with Gasteiger partial charge in [-0.3, -0.25) is 8.42 Å². The van der Waals surface area contributed by atoms with E-state index in [1.165, 1.54) is 0 Å². The normalized spacial score (nSPS) is 8.25. The van der Waals surface area contributed by atoms with Crippen molar-refractivity contribution in [3.05, 3.63) is 0 Å². The van der Waals surface area contributed by atoms with Crippen LogP contribution in [0, 0.1) is 0 Å². The van der Waals surface area contributed by atoms with Crippen LogP contribution >= 0.6 is 0 Å². The van der Waals surface area contributed by atoms with Gasteiger partial charge < -0.3 is 9.11 Å². The fourth-order valence-electron chi connectivity index (χ4n) is 0. The van der Waals surface area contributed by atoms with Crippen LogP contribution < -0.4 is 0 Å². The van der Waals surface area contributed by atoms with Crippen LogP contribution in [0.4, 0.5) is 0 Å². The topological polar surface area (TPSA) is 114 Å². The molecule has 0 saturated carbocycles. The molecular weight excluding hydrogens is 179 g/mol. The molecule has 0 unspecified atom stereocenters.